The molecule has 0 amide bonds. The summed E-state index contributed by atoms with van der Waals surface area (Å²) >= 11 is 0. The monoisotopic (exact) mass is 708 g/mol. The van der Waals surface area contributed by atoms with Crippen LogP contribution in [0.15, 0.2) is 170 Å². The van der Waals surface area contributed by atoms with Crippen molar-refractivity contribution in [2.24, 2.45) is 0 Å². The summed E-state index contributed by atoms with van der Waals surface area (Å²) in [5, 5.41) is 2.32. The van der Waals surface area contributed by atoms with E-state index in [2.05, 4.69) is 54.6 Å². The van der Waals surface area contributed by atoms with Gasteiger partial charge < -0.3 is 9.13 Å². The molecule has 6 heteroatoms. The molecule has 0 saturated carbocycles. The molecular formula is C48H28F4N2. The van der Waals surface area contributed by atoms with Crippen molar-refractivity contribution >= 4 is 43.6 Å². The molecule has 0 saturated heterocycles. The number of benzene rings is 8. The first-order valence-electron chi connectivity index (χ1n) is 17.6. The van der Waals surface area contributed by atoms with Crippen molar-refractivity contribution in [3.8, 4) is 44.8 Å². The van der Waals surface area contributed by atoms with Crippen LogP contribution in [0.4, 0.5) is 17.6 Å². The maximum atomic E-state index is 14.8. The van der Waals surface area contributed by atoms with Gasteiger partial charge in [0.05, 0.1) is 22.1 Å². The number of nitrogens with zero attached hydrogens (tertiary/aromatic N) is 2. The Morgan fingerprint density at radius 3 is 0.889 bits per heavy atom. The van der Waals surface area contributed by atoms with Gasteiger partial charge in [-0.25, -0.2) is 17.6 Å². The molecule has 0 aliphatic rings. The summed E-state index contributed by atoms with van der Waals surface area (Å²) in [5.74, 6) is -1.68. The van der Waals surface area contributed by atoms with Crippen molar-refractivity contribution in [2.75, 3.05) is 0 Å². The van der Waals surface area contributed by atoms with Gasteiger partial charge in [0.15, 0.2) is 0 Å². The fraction of sp³-hybridized carbons (Fsp3) is 0. The lowest BCUT2D eigenvalue weighted by atomic mass is 9.93. The van der Waals surface area contributed by atoms with Gasteiger partial charge >= 0.3 is 0 Å². The highest BCUT2D eigenvalue weighted by atomic mass is 19.1. The van der Waals surface area contributed by atoms with Crippen LogP contribution < -0.4 is 0 Å². The molecule has 10 aromatic rings. The average molecular weight is 709 g/mol. The van der Waals surface area contributed by atoms with Gasteiger partial charge in [-0.2, -0.15) is 0 Å². The van der Waals surface area contributed by atoms with Crippen LogP contribution >= 0.6 is 0 Å². The van der Waals surface area contributed by atoms with E-state index >= 15 is 0 Å². The fourth-order valence-electron chi connectivity index (χ4n) is 7.90. The van der Waals surface area contributed by atoms with E-state index in [1.54, 1.807) is 24.3 Å². The van der Waals surface area contributed by atoms with Crippen molar-refractivity contribution in [1.82, 2.24) is 9.13 Å². The van der Waals surface area contributed by atoms with Gasteiger partial charge in [0.2, 0.25) is 0 Å². The van der Waals surface area contributed by atoms with Gasteiger partial charge in [0.25, 0.3) is 0 Å². The van der Waals surface area contributed by atoms with Crippen LogP contribution in [-0.2, 0) is 0 Å². The van der Waals surface area contributed by atoms with Gasteiger partial charge in [-0.05, 0) is 143 Å². The lowest BCUT2D eigenvalue weighted by Gasteiger charge is -2.17. The summed E-state index contributed by atoms with van der Waals surface area (Å²) in [4.78, 5) is 0. The minimum Gasteiger partial charge on any atom is -0.309 e. The van der Waals surface area contributed by atoms with E-state index in [1.165, 1.54) is 48.5 Å². The molecule has 258 valence electrons. The molecule has 0 spiro atoms. The minimum atomic E-state index is -0.420. The van der Waals surface area contributed by atoms with Gasteiger partial charge in [-0.3, -0.25) is 0 Å². The fourth-order valence-corrected chi connectivity index (χ4v) is 7.90. The van der Waals surface area contributed by atoms with E-state index in [0.29, 0.717) is 43.6 Å². The number of hydrogen-bond donors (Lipinski definition) is 0. The molecule has 0 unspecified atom stereocenters. The predicted octanol–water partition coefficient (Wildman–Crippen LogP) is 13.4. The second-order valence-corrected chi connectivity index (χ2v) is 13.6. The van der Waals surface area contributed by atoms with E-state index in [4.69, 9.17) is 0 Å². The molecule has 0 aliphatic heterocycles. The largest absolute Gasteiger partial charge is 0.309 e. The first-order valence-corrected chi connectivity index (χ1v) is 17.6. The molecule has 2 heterocycles. The Kier molecular flexibility index (Phi) is 7.27. The molecule has 0 bridgehead atoms. The number of hydrogen-bond acceptors (Lipinski definition) is 0. The molecule has 0 fully saturated rings. The van der Waals surface area contributed by atoms with Crippen LogP contribution in [0.1, 0.15) is 0 Å². The Hall–Kier alpha value is -6.92. The molecule has 10 rings (SSSR count). The molecule has 8 aromatic carbocycles. The molecule has 2 nitrogen and oxygen atoms in total. The Labute approximate surface area is 307 Å². The minimum absolute atomic E-state index is 0.420. The van der Waals surface area contributed by atoms with Crippen LogP contribution in [0.3, 0.4) is 0 Å². The highest BCUT2D eigenvalue weighted by Crippen LogP contribution is 2.40. The van der Waals surface area contributed by atoms with Gasteiger partial charge in [-0.1, -0.05) is 60.7 Å². The topological polar surface area (TPSA) is 9.86 Å². The molecule has 0 atom stereocenters. The predicted molar refractivity (Wildman–Crippen MR) is 211 cm³/mol. The SMILES string of the molecule is Fc1ccc2c(c1)c1cc(F)ccc1n2-c1cc(-c2cc(-c3ccccc3)cc(-c3ccccc3)c2)cc(-n2c3ccc(F)cc3c3cc(F)ccc32)c1. The second-order valence-electron chi connectivity index (χ2n) is 13.6. The molecule has 0 N–H and O–H groups in total. The Bertz CT molecular complexity index is 2770. The quantitative estimate of drug-likeness (QED) is 0.158. The smallest absolute Gasteiger partial charge is 0.123 e. The first kappa shape index (κ1) is 31.8. The number of rotatable bonds is 5. The van der Waals surface area contributed by atoms with Crippen LogP contribution in [0.5, 0.6) is 0 Å². The van der Waals surface area contributed by atoms with E-state index in [0.717, 1.165) is 44.8 Å². The van der Waals surface area contributed by atoms with Gasteiger partial charge in [-0.15, -0.1) is 0 Å². The van der Waals surface area contributed by atoms with E-state index < -0.39 is 23.3 Å². The van der Waals surface area contributed by atoms with Crippen molar-refractivity contribution in [3.05, 3.63) is 193 Å². The zero-order valence-electron chi connectivity index (χ0n) is 28.6. The summed E-state index contributed by atoms with van der Waals surface area (Å²) in [7, 11) is 0. The highest BCUT2D eigenvalue weighted by molar-refractivity contribution is 6.11. The summed E-state index contributed by atoms with van der Waals surface area (Å²) in [6.45, 7) is 0. The zero-order valence-corrected chi connectivity index (χ0v) is 28.6. The summed E-state index contributed by atoms with van der Waals surface area (Å²) in [5.41, 5.74) is 10.3. The lowest BCUT2D eigenvalue weighted by molar-refractivity contribution is 0.628. The third kappa shape index (κ3) is 5.26. The van der Waals surface area contributed by atoms with Crippen LogP contribution in [0, 0.1) is 23.3 Å². The Balaban J connectivity index is 1.32. The van der Waals surface area contributed by atoms with E-state index in [1.807, 2.05) is 51.6 Å². The van der Waals surface area contributed by atoms with Gasteiger partial charge in [0, 0.05) is 32.9 Å². The van der Waals surface area contributed by atoms with Crippen molar-refractivity contribution in [1.29, 1.82) is 0 Å². The Morgan fingerprint density at radius 1 is 0.259 bits per heavy atom. The highest BCUT2D eigenvalue weighted by Gasteiger charge is 2.20. The normalized spacial score (nSPS) is 11.7. The third-order valence-electron chi connectivity index (χ3n) is 10.3. The van der Waals surface area contributed by atoms with Gasteiger partial charge in [0.1, 0.15) is 23.3 Å². The summed E-state index contributed by atoms with van der Waals surface area (Å²) in [6.07, 6.45) is 0. The lowest BCUT2D eigenvalue weighted by Crippen LogP contribution is -2.00. The van der Waals surface area contributed by atoms with Crippen LogP contribution in [-0.4, -0.2) is 9.13 Å². The molecule has 0 aliphatic carbocycles. The van der Waals surface area contributed by atoms with Crippen molar-refractivity contribution < 1.29 is 17.6 Å². The third-order valence-corrected chi connectivity index (χ3v) is 10.3. The number of aromatic nitrogens is 2. The number of fused-ring (bicyclic) bond motifs is 6. The number of halogens is 4. The molecule has 2 aromatic heterocycles. The van der Waals surface area contributed by atoms with Crippen molar-refractivity contribution in [3.63, 3.8) is 0 Å². The summed E-state index contributed by atoms with van der Waals surface area (Å²) in [6, 6.07) is 51.3. The Morgan fingerprint density at radius 2 is 0.556 bits per heavy atom. The van der Waals surface area contributed by atoms with E-state index in [-0.39, 0.29) is 0 Å². The molecule has 54 heavy (non-hydrogen) atoms. The maximum absolute atomic E-state index is 14.8. The first-order chi connectivity index (χ1) is 26.4. The average Bonchev–Trinajstić information content (AvgIpc) is 3.69. The van der Waals surface area contributed by atoms with Crippen LogP contribution in [0.2, 0.25) is 0 Å². The zero-order chi connectivity index (χ0) is 36.5. The van der Waals surface area contributed by atoms with Crippen LogP contribution in [0.25, 0.3) is 88.4 Å². The maximum Gasteiger partial charge on any atom is 0.123 e. The molecular weight excluding hydrogens is 681 g/mol. The van der Waals surface area contributed by atoms with E-state index in [9.17, 15) is 17.6 Å². The summed E-state index contributed by atoms with van der Waals surface area (Å²) < 4.78 is 63.1. The van der Waals surface area contributed by atoms with Crippen molar-refractivity contribution in [2.45, 2.75) is 0 Å². The second kappa shape index (κ2) is 12.3. The molecule has 0 radical (unpaired) electrons. The standard InChI is InChI=1S/C48H28F4N2/c49-35-11-15-45-41(24-35)42-25-36(50)12-16-46(42)53(45)39-22-34(33-20-31(29-7-3-1-4-8-29)19-32(21-33)30-9-5-2-6-10-30)23-40(28-39)54-47-17-13-37(51)26-43(47)44-27-38(52)14-18-48(44)54/h1-28H.